The van der Waals surface area contributed by atoms with Crippen molar-refractivity contribution in [3.63, 3.8) is 0 Å². The molecule has 1 N–H and O–H groups in total. The molecule has 1 aromatic carbocycles. The van der Waals surface area contributed by atoms with Gasteiger partial charge in [0.2, 0.25) is 0 Å². The van der Waals surface area contributed by atoms with Crippen molar-refractivity contribution in [2.75, 3.05) is 20.1 Å². The summed E-state index contributed by atoms with van der Waals surface area (Å²) in [6.45, 7) is 3.66. The molecule has 1 amide bonds. The predicted molar refractivity (Wildman–Crippen MR) is 74.0 cm³/mol. The fraction of sp³-hybridized carbons (Fsp3) is 0.500. The molecule has 3 nitrogen and oxygen atoms in total. The third kappa shape index (κ3) is 3.27. The van der Waals surface area contributed by atoms with E-state index < -0.39 is 17.5 Å². The second-order valence-corrected chi connectivity index (χ2v) is 5.95. The quantitative estimate of drug-likeness (QED) is 0.852. The molecule has 6 heteroatoms. The Kier molecular flexibility index (Phi) is 4.30. The lowest BCUT2D eigenvalue weighted by atomic mass is 9.89. The number of carbonyl (C=O) groups excluding carboxylic acids is 1. The number of likely N-dealkylation sites (tertiary alicyclic amines) is 1. The molecule has 0 saturated carbocycles. The zero-order chi connectivity index (χ0) is 14.9. The Balaban J connectivity index is 2.16. The molecular weight excluding hydrogens is 286 g/mol. The molecule has 1 aliphatic heterocycles. The Morgan fingerprint density at radius 1 is 1.35 bits per heavy atom. The van der Waals surface area contributed by atoms with Crippen molar-refractivity contribution in [3.05, 3.63) is 34.4 Å². The maximum absolute atomic E-state index is 13.4. The van der Waals surface area contributed by atoms with E-state index in [2.05, 4.69) is 10.2 Å². The average molecular weight is 303 g/mol. The highest BCUT2D eigenvalue weighted by atomic mass is 35.5. The van der Waals surface area contributed by atoms with E-state index in [1.54, 1.807) is 0 Å². The summed E-state index contributed by atoms with van der Waals surface area (Å²) >= 11 is 5.74. The van der Waals surface area contributed by atoms with Crippen molar-refractivity contribution in [2.24, 2.45) is 0 Å². The van der Waals surface area contributed by atoms with E-state index in [0.717, 1.165) is 32.0 Å². The van der Waals surface area contributed by atoms with Gasteiger partial charge in [-0.25, -0.2) is 8.78 Å². The minimum Gasteiger partial charge on any atom is -0.347 e. The molecule has 0 radical (unpaired) electrons. The number of nitrogens with zero attached hydrogens (tertiary/aromatic N) is 1. The number of amides is 1. The zero-order valence-corrected chi connectivity index (χ0v) is 12.2. The van der Waals surface area contributed by atoms with Crippen molar-refractivity contribution in [1.29, 1.82) is 0 Å². The summed E-state index contributed by atoms with van der Waals surface area (Å²) in [6.07, 6.45) is 1.56. The highest BCUT2D eigenvalue weighted by Crippen LogP contribution is 2.25. The number of hydrogen-bond acceptors (Lipinski definition) is 2. The van der Waals surface area contributed by atoms with E-state index in [4.69, 9.17) is 11.6 Å². The van der Waals surface area contributed by atoms with Gasteiger partial charge >= 0.3 is 0 Å². The molecule has 0 unspecified atom stereocenters. The summed E-state index contributed by atoms with van der Waals surface area (Å²) < 4.78 is 26.6. The molecule has 1 saturated heterocycles. The Hall–Kier alpha value is -1.20. The van der Waals surface area contributed by atoms with Crippen LogP contribution in [0.1, 0.15) is 30.1 Å². The number of nitrogens with one attached hydrogen (secondary N) is 1. The normalized spacial score (nSPS) is 18.9. The van der Waals surface area contributed by atoms with E-state index in [0.29, 0.717) is 6.07 Å². The van der Waals surface area contributed by atoms with Gasteiger partial charge in [0, 0.05) is 24.7 Å². The van der Waals surface area contributed by atoms with Crippen LogP contribution in [-0.4, -0.2) is 36.5 Å². The Bertz CT molecular complexity index is 528. The van der Waals surface area contributed by atoms with Gasteiger partial charge in [0.1, 0.15) is 11.6 Å². The number of halogens is 3. The lowest BCUT2D eigenvalue weighted by Crippen LogP contribution is -2.52. The zero-order valence-electron chi connectivity index (χ0n) is 11.5. The fourth-order valence-electron chi connectivity index (χ4n) is 2.30. The summed E-state index contributed by atoms with van der Waals surface area (Å²) in [5, 5.41) is 2.50. The first-order chi connectivity index (χ1) is 9.31. The lowest BCUT2D eigenvalue weighted by Gasteiger charge is -2.38. The van der Waals surface area contributed by atoms with E-state index in [9.17, 15) is 13.6 Å². The van der Waals surface area contributed by atoms with Crippen LogP contribution in [0, 0.1) is 11.6 Å². The molecule has 20 heavy (non-hydrogen) atoms. The van der Waals surface area contributed by atoms with E-state index >= 15 is 0 Å². The van der Waals surface area contributed by atoms with Crippen LogP contribution in [0.2, 0.25) is 5.02 Å². The van der Waals surface area contributed by atoms with Gasteiger partial charge in [0.15, 0.2) is 0 Å². The molecule has 0 spiro atoms. The predicted octanol–water partition coefficient (Wildman–Crippen LogP) is 2.83. The molecule has 1 fully saturated rings. The van der Waals surface area contributed by atoms with Crippen LogP contribution in [0.3, 0.4) is 0 Å². The van der Waals surface area contributed by atoms with Gasteiger partial charge in [0.05, 0.1) is 10.6 Å². The van der Waals surface area contributed by atoms with Crippen molar-refractivity contribution >= 4 is 17.5 Å². The van der Waals surface area contributed by atoms with Crippen molar-refractivity contribution in [3.8, 4) is 0 Å². The van der Waals surface area contributed by atoms with Crippen LogP contribution in [-0.2, 0) is 0 Å². The fourth-order valence-corrected chi connectivity index (χ4v) is 2.49. The van der Waals surface area contributed by atoms with E-state index in [1.807, 2.05) is 14.0 Å². The summed E-state index contributed by atoms with van der Waals surface area (Å²) in [4.78, 5) is 14.4. The van der Waals surface area contributed by atoms with Crippen LogP contribution in [0.5, 0.6) is 0 Å². The topological polar surface area (TPSA) is 32.3 Å². The Morgan fingerprint density at radius 2 is 1.95 bits per heavy atom. The second-order valence-electron chi connectivity index (χ2n) is 5.57. The maximum Gasteiger partial charge on any atom is 0.253 e. The number of piperidine rings is 1. The van der Waals surface area contributed by atoms with Crippen LogP contribution >= 0.6 is 11.6 Å². The second kappa shape index (κ2) is 5.66. The summed E-state index contributed by atoms with van der Waals surface area (Å²) in [6, 6.07) is 1.62. The molecule has 110 valence electrons. The summed E-state index contributed by atoms with van der Waals surface area (Å²) in [7, 11) is 2.01. The molecule has 1 heterocycles. The van der Waals surface area contributed by atoms with Crippen LogP contribution in [0.15, 0.2) is 12.1 Å². The number of carbonyl (C=O) groups is 1. The SMILES string of the molecule is CN1CCC(C)(NC(=O)c2cc(F)cc(F)c2Cl)CC1. The molecule has 1 aliphatic rings. The lowest BCUT2D eigenvalue weighted by molar-refractivity contribution is 0.0851. The molecule has 0 aromatic heterocycles. The summed E-state index contributed by atoms with van der Waals surface area (Å²) in [5.74, 6) is -2.28. The van der Waals surface area contributed by atoms with Gasteiger partial charge < -0.3 is 10.2 Å². The van der Waals surface area contributed by atoms with Crippen LogP contribution in [0.25, 0.3) is 0 Å². The smallest absolute Gasteiger partial charge is 0.253 e. The molecule has 0 aliphatic carbocycles. The van der Waals surface area contributed by atoms with E-state index in [1.165, 1.54) is 0 Å². The third-order valence-corrected chi connectivity index (χ3v) is 4.13. The number of hydrogen-bond donors (Lipinski definition) is 1. The number of benzene rings is 1. The van der Waals surface area contributed by atoms with Gasteiger partial charge in [-0.1, -0.05) is 11.6 Å². The van der Waals surface area contributed by atoms with Gasteiger partial charge in [0.25, 0.3) is 5.91 Å². The van der Waals surface area contributed by atoms with Crippen molar-refractivity contribution < 1.29 is 13.6 Å². The number of rotatable bonds is 2. The molecule has 2 rings (SSSR count). The van der Waals surface area contributed by atoms with Gasteiger partial charge in [-0.05, 0) is 32.9 Å². The first-order valence-corrected chi connectivity index (χ1v) is 6.84. The molecule has 1 aromatic rings. The van der Waals surface area contributed by atoms with Crippen LogP contribution < -0.4 is 5.32 Å². The Morgan fingerprint density at radius 3 is 2.55 bits per heavy atom. The standard InChI is InChI=1S/C14H17ClF2N2O/c1-14(3-5-19(2)6-4-14)18-13(20)10-7-9(16)8-11(17)12(10)15/h7-8H,3-6H2,1-2H3,(H,18,20). The van der Waals surface area contributed by atoms with Gasteiger partial charge in [-0.2, -0.15) is 0 Å². The highest BCUT2D eigenvalue weighted by molar-refractivity contribution is 6.34. The first-order valence-electron chi connectivity index (χ1n) is 6.46. The average Bonchev–Trinajstić information content (AvgIpc) is 2.37. The maximum atomic E-state index is 13.4. The largest absolute Gasteiger partial charge is 0.347 e. The molecular formula is C14H17ClF2N2O. The highest BCUT2D eigenvalue weighted by Gasteiger charge is 2.31. The van der Waals surface area contributed by atoms with Gasteiger partial charge in [-0.3, -0.25) is 4.79 Å². The third-order valence-electron chi connectivity index (χ3n) is 3.74. The Labute approximate surface area is 121 Å². The van der Waals surface area contributed by atoms with E-state index in [-0.39, 0.29) is 16.1 Å². The van der Waals surface area contributed by atoms with Crippen molar-refractivity contribution in [2.45, 2.75) is 25.3 Å². The summed E-state index contributed by atoms with van der Waals surface area (Å²) in [5.41, 5.74) is -0.542. The monoisotopic (exact) mass is 302 g/mol. The minimum absolute atomic E-state index is 0.163. The molecule has 0 atom stereocenters. The van der Waals surface area contributed by atoms with Crippen molar-refractivity contribution in [1.82, 2.24) is 10.2 Å². The minimum atomic E-state index is -0.926. The van der Waals surface area contributed by atoms with Gasteiger partial charge in [-0.15, -0.1) is 0 Å². The first kappa shape index (κ1) is 15.2. The molecule has 0 bridgehead atoms. The van der Waals surface area contributed by atoms with Crippen LogP contribution in [0.4, 0.5) is 8.78 Å².